The first-order valence-corrected chi connectivity index (χ1v) is 8.20. The van der Waals surface area contributed by atoms with Gasteiger partial charge in [-0.2, -0.15) is 0 Å². The van der Waals surface area contributed by atoms with E-state index in [1.165, 1.54) is 19.2 Å². The van der Waals surface area contributed by atoms with Crippen molar-refractivity contribution in [3.8, 4) is 0 Å². The van der Waals surface area contributed by atoms with E-state index in [4.69, 9.17) is 39.5 Å². The molecule has 1 aromatic carbocycles. The molecule has 1 aliphatic carbocycles. The first-order valence-electron chi connectivity index (χ1n) is 7.07. The van der Waals surface area contributed by atoms with E-state index in [2.05, 4.69) is 4.74 Å². The van der Waals surface area contributed by atoms with Crippen molar-refractivity contribution in [1.29, 1.82) is 0 Å². The molecule has 0 radical (unpaired) electrons. The molecule has 1 fully saturated rings. The second kappa shape index (κ2) is 6.90. The van der Waals surface area contributed by atoms with Gasteiger partial charge in [0.15, 0.2) is 0 Å². The summed E-state index contributed by atoms with van der Waals surface area (Å²) < 4.78 is 9.51. The van der Waals surface area contributed by atoms with Gasteiger partial charge in [-0.1, -0.05) is 48.7 Å². The highest BCUT2D eigenvalue weighted by atomic mass is 35.5. The number of esters is 3. The van der Waals surface area contributed by atoms with Crippen molar-refractivity contribution >= 4 is 52.7 Å². The molecule has 2 rings (SSSR count). The van der Waals surface area contributed by atoms with Gasteiger partial charge in [0.25, 0.3) is 0 Å². The number of hydrogen-bond donors (Lipinski definition) is 0. The third-order valence-electron chi connectivity index (χ3n) is 4.32. The maximum atomic E-state index is 12.3. The summed E-state index contributed by atoms with van der Waals surface area (Å²) in [6.45, 7) is 3.64. The Morgan fingerprint density at radius 2 is 1.67 bits per heavy atom. The minimum atomic E-state index is -0.953. The van der Waals surface area contributed by atoms with Gasteiger partial charge in [0.2, 0.25) is 0 Å². The van der Waals surface area contributed by atoms with E-state index < -0.39 is 29.2 Å². The Kier molecular flexibility index (Phi) is 5.47. The Labute approximate surface area is 154 Å². The van der Waals surface area contributed by atoms with Gasteiger partial charge in [-0.15, -0.1) is 0 Å². The highest BCUT2D eigenvalue weighted by molar-refractivity contribution is 6.42. The fourth-order valence-electron chi connectivity index (χ4n) is 2.80. The first-order chi connectivity index (χ1) is 11.1. The third-order valence-corrected chi connectivity index (χ3v) is 5.14. The van der Waals surface area contributed by atoms with E-state index >= 15 is 0 Å². The van der Waals surface area contributed by atoms with E-state index in [1.807, 2.05) is 13.8 Å². The normalized spacial score (nSPS) is 21.1. The number of rotatable bonds is 4. The molecule has 130 valence electrons. The predicted octanol–water partition coefficient (Wildman–Crippen LogP) is 4.17. The maximum absolute atomic E-state index is 12.3. The SMILES string of the molecule is COC(=O)C[C@@H]1[C@H](C(=O)OC(=O)c2c(Cl)cc(Cl)cc2Cl)C1(C)C. The summed E-state index contributed by atoms with van der Waals surface area (Å²) >= 11 is 17.7. The monoisotopic (exact) mass is 392 g/mol. The molecular formula is C16H15Cl3O5. The van der Waals surface area contributed by atoms with Crippen LogP contribution in [0.5, 0.6) is 0 Å². The highest BCUT2D eigenvalue weighted by Gasteiger charge is 2.63. The lowest BCUT2D eigenvalue weighted by atomic mass is 10.1. The third kappa shape index (κ3) is 3.68. The number of halogens is 3. The Balaban J connectivity index is 2.11. The Morgan fingerprint density at radius 3 is 2.17 bits per heavy atom. The minimum Gasteiger partial charge on any atom is -0.469 e. The summed E-state index contributed by atoms with van der Waals surface area (Å²) in [4.78, 5) is 35.9. The molecule has 5 nitrogen and oxygen atoms in total. The zero-order valence-electron chi connectivity index (χ0n) is 13.2. The molecule has 24 heavy (non-hydrogen) atoms. The quantitative estimate of drug-likeness (QED) is 0.567. The molecule has 1 saturated carbocycles. The zero-order valence-corrected chi connectivity index (χ0v) is 15.5. The largest absolute Gasteiger partial charge is 0.469 e. The zero-order chi connectivity index (χ0) is 18.2. The van der Waals surface area contributed by atoms with Crippen molar-refractivity contribution in [1.82, 2.24) is 0 Å². The van der Waals surface area contributed by atoms with Crippen LogP contribution in [0.2, 0.25) is 15.1 Å². The Bertz CT molecular complexity index is 691. The van der Waals surface area contributed by atoms with Crippen LogP contribution >= 0.6 is 34.8 Å². The van der Waals surface area contributed by atoms with Crippen LogP contribution in [-0.2, 0) is 19.1 Å². The van der Waals surface area contributed by atoms with Gasteiger partial charge in [-0.05, 0) is 23.5 Å². The van der Waals surface area contributed by atoms with Crippen molar-refractivity contribution in [2.75, 3.05) is 7.11 Å². The number of benzene rings is 1. The predicted molar refractivity (Wildman–Crippen MR) is 89.3 cm³/mol. The van der Waals surface area contributed by atoms with Crippen molar-refractivity contribution < 1.29 is 23.9 Å². The second-order valence-electron chi connectivity index (χ2n) is 6.14. The topological polar surface area (TPSA) is 69.7 Å². The summed E-state index contributed by atoms with van der Waals surface area (Å²) in [7, 11) is 1.28. The summed E-state index contributed by atoms with van der Waals surface area (Å²) in [6, 6.07) is 2.66. The summed E-state index contributed by atoms with van der Waals surface area (Å²) in [5, 5.41) is 0.243. The van der Waals surface area contributed by atoms with Gasteiger partial charge in [-0.3, -0.25) is 9.59 Å². The summed E-state index contributed by atoms with van der Waals surface area (Å²) in [5.74, 6) is -2.92. The molecule has 0 heterocycles. The molecule has 0 N–H and O–H groups in total. The maximum Gasteiger partial charge on any atom is 0.348 e. The smallest absolute Gasteiger partial charge is 0.348 e. The highest BCUT2D eigenvalue weighted by Crippen LogP contribution is 2.60. The van der Waals surface area contributed by atoms with Crippen molar-refractivity contribution in [2.24, 2.45) is 17.3 Å². The second-order valence-corrected chi connectivity index (χ2v) is 7.39. The van der Waals surface area contributed by atoms with Crippen LogP contribution in [-0.4, -0.2) is 25.0 Å². The molecule has 8 heteroatoms. The first kappa shape index (κ1) is 19.0. The molecule has 0 saturated heterocycles. The van der Waals surface area contributed by atoms with E-state index in [0.29, 0.717) is 0 Å². The van der Waals surface area contributed by atoms with Crippen LogP contribution < -0.4 is 0 Å². The Hall–Kier alpha value is -1.30. The van der Waals surface area contributed by atoms with E-state index in [0.717, 1.165) is 0 Å². The minimum absolute atomic E-state index is 0.00790. The number of ether oxygens (including phenoxy) is 2. The Morgan fingerprint density at radius 1 is 1.12 bits per heavy atom. The van der Waals surface area contributed by atoms with Crippen LogP contribution in [0, 0.1) is 17.3 Å². The summed E-state index contributed by atoms with van der Waals surface area (Å²) in [6.07, 6.45) is 0.0832. The van der Waals surface area contributed by atoms with Crippen molar-refractivity contribution in [3.05, 3.63) is 32.8 Å². The average molecular weight is 394 g/mol. The van der Waals surface area contributed by atoms with Gasteiger partial charge < -0.3 is 9.47 Å². The molecule has 0 bridgehead atoms. The van der Waals surface area contributed by atoms with Gasteiger partial charge in [0, 0.05) is 11.4 Å². The number of carbonyl (C=O) groups excluding carboxylic acids is 3. The summed E-state index contributed by atoms with van der Waals surface area (Å²) in [5.41, 5.74) is -0.585. The molecule has 2 atom stereocenters. The lowest BCUT2D eigenvalue weighted by Gasteiger charge is -2.07. The fraction of sp³-hybridized carbons (Fsp3) is 0.438. The van der Waals surface area contributed by atoms with E-state index in [1.54, 1.807) is 0 Å². The van der Waals surface area contributed by atoms with Crippen LogP contribution in [0.15, 0.2) is 12.1 Å². The molecule has 1 aromatic rings. The molecule has 0 amide bonds. The molecule has 0 spiro atoms. The molecule has 0 unspecified atom stereocenters. The van der Waals surface area contributed by atoms with Gasteiger partial charge in [-0.25, -0.2) is 4.79 Å². The lowest BCUT2D eigenvalue weighted by molar-refractivity contribution is -0.141. The van der Waals surface area contributed by atoms with Crippen LogP contribution in [0.3, 0.4) is 0 Å². The van der Waals surface area contributed by atoms with Gasteiger partial charge in [0.05, 0.1) is 28.6 Å². The van der Waals surface area contributed by atoms with Crippen LogP contribution in [0.4, 0.5) is 0 Å². The van der Waals surface area contributed by atoms with E-state index in [9.17, 15) is 14.4 Å². The average Bonchev–Trinajstić information content (AvgIpc) is 2.98. The number of hydrogen-bond acceptors (Lipinski definition) is 5. The molecule has 0 aliphatic heterocycles. The lowest BCUT2D eigenvalue weighted by Crippen LogP contribution is -2.17. The fourth-order valence-corrected chi connectivity index (χ4v) is 3.77. The van der Waals surface area contributed by atoms with Crippen LogP contribution in [0.1, 0.15) is 30.6 Å². The van der Waals surface area contributed by atoms with Crippen LogP contribution in [0.25, 0.3) is 0 Å². The molecule has 0 aromatic heterocycles. The van der Waals surface area contributed by atoms with Crippen molar-refractivity contribution in [3.63, 3.8) is 0 Å². The molecular weight excluding hydrogens is 379 g/mol. The number of methoxy groups -OCH3 is 1. The van der Waals surface area contributed by atoms with E-state index in [-0.39, 0.29) is 33.0 Å². The van der Waals surface area contributed by atoms with Gasteiger partial charge in [0.1, 0.15) is 0 Å². The number of carbonyl (C=O) groups is 3. The van der Waals surface area contributed by atoms with Crippen molar-refractivity contribution in [2.45, 2.75) is 20.3 Å². The van der Waals surface area contributed by atoms with Gasteiger partial charge >= 0.3 is 17.9 Å². The molecule has 1 aliphatic rings. The standard InChI is InChI=1S/C16H15Cl3O5/c1-16(2)8(6-11(20)23-3)13(16)15(22)24-14(21)12-9(18)4-7(17)5-10(12)19/h4-5,8,13H,6H2,1-3H3/t8-,13-/m1/s1.